The molecule has 6 heteroatoms. The Labute approximate surface area is 124 Å². The van der Waals surface area contributed by atoms with E-state index in [4.69, 9.17) is 0 Å². The third-order valence-corrected chi connectivity index (χ3v) is 6.13. The summed E-state index contributed by atoms with van der Waals surface area (Å²) >= 11 is 0. The van der Waals surface area contributed by atoms with Gasteiger partial charge in [0.15, 0.2) is 9.84 Å². The van der Waals surface area contributed by atoms with E-state index in [9.17, 15) is 18.3 Å². The third kappa shape index (κ3) is 2.95. The highest BCUT2D eigenvalue weighted by atomic mass is 32.2. The topological polar surface area (TPSA) is 76.4 Å². The lowest BCUT2D eigenvalue weighted by Crippen LogP contribution is -2.32. The van der Waals surface area contributed by atoms with E-state index >= 15 is 0 Å². The predicted octanol–water partition coefficient (Wildman–Crippen LogP) is 2.55. The first-order valence-corrected chi connectivity index (χ1v) is 8.32. The highest BCUT2D eigenvalue weighted by molar-refractivity contribution is 7.92. The van der Waals surface area contributed by atoms with Crippen molar-refractivity contribution < 1.29 is 18.3 Å². The lowest BCUT2D eigenvalue weighted by atomic mass is 10.2. The van der Waals surface area contributed by atoms with E-state index in [1.165, 1.54) is 0 Å². The normalized spacial score (nSPS) is 12.7. The van der Waals surface area contributed by atoms with Gasteiger partial charge in [-0.15, -0.1) is 0 Å². The number of benzene rings is 1. The molecule has 0 bridgehead atoms. The van der Waals surface area contributed by atoms with Crippen molar-refractivity contribution in [3.05, 3.63) is 36.0 Å². The summed E-state index contributed by atoms with van der Waals surface area (Å²) in [6.45, 7) is 5.07. The molecule has 0 aliphatic heterocycles. The lowest BCUT2D eigenvalue weighted by Gasteiger charge is -2.19. The number of hydrogen-bond donors (Lipinski definition) is 1. The Morgan fingerprint density at radius 2 is 1.86 bits per heavy atom. The molecule has 0 atom stereocenters. The van der Waals surface area contributed by atoms with Crippen molar-refractivity contribution in [3.8, 4) is 0 Å². The zero-order chi connectivity index (χ0) is 15.8. The van der Waals surface area contributed by atoms with Crippen LogP contribution in [-0.4, -0.2) is 34.6 Å². The Kier molecular flexibility index (Phi) is 3.84. The van der Waals surface area contributed by atoms with Crippen LogP contribution in [0.2, 0.25) is 0 Å². The van der Waals surface area contributed by atoms with Crippen LogP contribution in [0.4, 0.5) is 0 Å². The highest BCUT2D eigenvalue weighted by Crippen LogP contribution is 2.22. The third-order valence-electron chi connectivity index (χ3n) is 3.55. The maximum Gasteiger partial charge on any atom is 0.352 e. The average Bonchev–Trinajstić information content (AvgIpc) is 2.74. The van der Waals surface area contributed by atoms with Gasteiger partial charge in [-0.25, -0.2) is 13.2 Å². The van der Waals surface area contributed by atoms with Gasteiger partial charge in [0.05, 0.1) is 10.5 Å². The molecule has 0 amide bonds. The second kappa shape index (κ2) is 5.18. The molecule has 1 heterocycles. The number of aromatic nitrogens is 1. The molecule has 21 heavy (non-hydrogen) atoms. The number of rotatable bonds is 4. The number of hydrogen-bond acceptors (Lipinski definition) is 3. The molecule has 0 spiro atoms. The maximum atomic E-state index is 12.2. The molecule has 2 rings (SSSR count). The van der Waals surface area contributed by atoms with Crippen molar-refractivity contribution in [2.45, 2.75) is 32.1 Å². The molecule has 1 aromatic carbocycles. The van der Waals surface area contributed by atoms with E-state index in [2.05, 4.69) is 0 Å². The fourth-order valence-corrected chi connectivity index (χ4v) is 3.18. The van der Waals surface area contributed by atoms with E-state index in [1.807, 2.05) is 18.2 Å². The molecule has 0 saturated heterocycles. The molecule has 0 aliphatic rings. The molecule has 114 valence electrons. The van der Waals surface area contributed by atoms with Crippen molar-refractivity contribution >= 4 is 26.7 Å². The smallest absolute Gasteiger partial charge is 0.352 e. The number of fused-ring (bicyclic) bond motifs is 1. The van der Waals surface area contributed by atoms with Crippen molar-refractivity contribution in [3.63, 3.8) is 0 Å². The molecule has 1 aromatic heterocycles. The van der Waals surface area contributed by atoms with Gasteiger partial charge in [-0.3, -0.25) is 0 Å². The summed E-state index contributed by atoms with van der Waals surface area (Å²) in [5.41, 5.74) is 0.847. The van der Waals surface area contributed by atoms with E-state index in [1.54, 1.807) is 37.5 Å². The highest BCUT2D eigenvalue weighted by Gasteiger charge is 2.29. The number of carboxylic acids is 1. The van der Waals surface area contributed by atoms with Crippen LogP contribution in [0, 0.1) is 0 Å². The molecule has 2 aromatic rings. The first-order chi connectivity index (χ1) is 9.63. The minimum atomic E-state index is -3.30. The molecule has 0 radical (unpaired) electrons. The van der Waals surface area contributed by atoms with E-state index < -0.39 is 20.6 Å². The van der Waals surface area contributed by atoms with Gasteiger partial charge in [0, 0.05) is 17.4 Å². The number of para-hydroxylation sites is 1. The monoisotopic (exact) mass is 309 g/mol. The van der Waals surface area contributed by atoms with Crippen molar-refractivity contribution in [1.82, 2.24) is 4.57 Å². The summed E-state index contributed by atoms with van der Waals surface area (Å²) in [6, 6.07) is 8.82. The molecular weight excluding hydrogens is 290 g/mol. The Morgan fingerprint density at radius 3 is 2.43 bits per heavy atom. The molecule has 1 N–H and O–H groups in total. The van der Waals surface area contributed by atoms with Gasteiger partial charge in [0.25, 0.3) is 0 Å². The Morgan fingerprint density at radius 1 is 1.24 bits per heavy atom. The van der Waals surface area contributed by atoms with Crippen LogP contribution >= 0.6 is 0 Å². The molecular formula is C15H19NO4S. The van der Waals surface area contributed by atoms with E-state index in [0.29, 0.717) is 0 Å². The number of carbonyl (C=O) groups is 1. The molecule has 0 unspecified atom stereocenters. The Bertz CT molecular complexity index is 782. The summed E-state index contributed by atoms with van der Waals surface area (Å²) in [5.74, 6) is -1.14. The minimum absolute atomic E-state index is 0.0878. The van der Waals surface area contributed by atoms with Crippen LogP contribution in [0.5, 0.6) is 0 Å². The standard InChI is InChI=1S/C15H19NO4S/c1-15(2,3)21(19,20)9-8-16-12-7-5-4-6-11(12)10-13(16)14(17)18/h4-7,10H,8-9H2,1-3H3,(H,17,18). The number of nitrogens with zero attached hydrogens (tertiary/aromatic N) is 1. The molecule has 0 fully saturated rings. The van der Waals surface area contributed by atoms with E-state index in [0.717, 1.165) is 10.9 Å². The number of sulfone groups is 1. The first-order valence-electron chi connectivity index (χ1n) is 6.67. The summed E-state index contributed by atoms with van der Waals surface area (Å²) in [4.78, 5) is 11.3. The van der Waals surface area contributed by atoms with Gasteiger partial charge < -0.3 is 9.67 Å². The van der Waals surface area contributed by atoms with Gasteiger partial charge in [-0.1, -0.05) is 18.2 Å². The summed E-state index contributed by atoms with van der Waals surface area (Å²) in [5, 5.41) is 10.1. The van der Waals surface area contributed by atoms with Crippen LogP contribution in [0.3, 0.4) is 0 Å². The summed E-state index contributed by atoms with van der Waals surface area (Å²) in [6.07, 6.45) is 0. The van der Waals surface area contributed by atoms with Crippen molar-refractivity contribution in [2.24, 2.45) is 0 Å². The van der Waals surface area contributed by atoms with Gasteiger partial charge in [-0.05, 0) is 32.9 Å². The van der Waals surface area contributed by atoms with Gasteiger partial charge in [-0.2, -0.15) is 0 Å². The van der Waals surface area contributed by atoms with Gasteiger partial charge in [0.1, 0.15) is 5.69 Å². The zero-order valence-corrected chi connectivity index (χ0v) is 13.1. The molecule has 5 nitrogen and oxygen atoms in total. The van der Waals surface area contributed by atoms with Crippen LogP contribution in [0.1, 0.15) is 31.3 Å². The average molecular weight is 309 g/mol. The SMILES string of the molecule is CC(C)(C)S(=O)(=O)CCn1c(C(=O)O)cc2ccccc21. The predicted molar refractivity (Wildman–Crippen MR) is 82.4 cm³/mol. The lowest BCUT2D eigenvalue weighted by molar-refractivity contribution is 0.0686. The van der Waals surface area contributed by atoms with Crippen molar-refractivity contribution in [1.29, 1.82) is 0 Å². The number of carboxylic acid groups (broad SMARTS) is 1. The Balaban J connectivity index is 2.43. The summed E-state index contributed by atoms with van der Waals surface area (Å²) in [7, 11) is -3.30. The van der Waals surface area contributed by atoms with Crippen molar-refractivity contribution in [2.75, 3.05) is 5.75 Å². The van der Waals surface area contributed by atoms with Crippen LogP contribution in [-0.2, 0) is 16.4 Å². The fraction of sp³-hybridized carbons (Fsp3) is 0.400. The molecule has 0 aliphatic carbocycles. The number of aryl methyl sites for hydroxylation is 1. The maximum absolute atomic E-state index is 12.2. The second-order valence-electron chi connectivity index (χ2n) is 5.98. The zero-order valence-electron chi connectivity index (χ0n) is 12.3. The summed E-state index contributed by atoms with van der Waals surface area (Å²) < 4.78 is 25.1. The van der Waals surface area contributed by atoms with Crippen LogP contribution in [0.25, 0.3) is 10.9 Å². The van der Waals surface area contributed by atoms with Crippen LogP contribution in [0.15, 0.2) is 30.3 Å². The van der Waals surface area contributed by atoms with E-state index in [-0.39, 0.29) is 18.0 Å². The van der Waals surface area contributed by atoms with Gasteiger partial charge >= 0.3 is 5.97 Å². The minimum Gasteiger partial charge on any atom is -0.477 e. The quantitative estimate of drug-likeness (QED) is 0.941. The Hall–Kier alpha value is -1.82. The largest absolute Gasteiger partial charge is 0.477 e. The van der Waals surface area contributed by atoms with Gasteiger partial charge in [0.2, 0.25) is 0 Å². The number of aromatic carboxylic acids is 1. The first kappa shape index (κ1) is 15.6. The van der Waals surface area contributed by atoms with Crippen LogP contribution < -0.4 is 0 Å². The fourth-order valence-electron chi connectivity index (χ4n) is 2.15. The second-order valence-corrected chi connectivity index (χ2v) is 8.84. The molecule has 0 saturated carbocycles.